The highest BCUT2D eigenvalue weighted by Gasteiger charge is 2.37. The highest BCUT2D eigenvalue weighted by molar-refractivity contribution is 6.74. The fourth-order valence-corrected chi connectivity index (χ4v) is 2.68. The van der Waals surface area contributed by atoms with E-state index in [0.717, 1.165) is 0 Å². The Morgan fingerprint density at radius 3 is 2.43 bits per heavy atom. The molecule has 0 saturated heterocycles. The van der Waals surface area contributed by atoms with E-state index in [0.29, 0.717) is 5.69 Å². The molecule has 5 nitrogen and oxygen atoms in total. The summed E-state index contributed by atoms with van der Waals surface area (Å²) in [6.07, 6.45) is 0. The van der Waals surface area contributed by atoms with Crippen molar-refractivity contribution in [3.63, 3.8) is 0 Å². The summed E-state index contributed by atoms with van der Waals surface area (Å²) in [5.74, 6) is -1.04. The van der Waals surface area contributed by atoms with Gasteiger partial charge >= 0.3 is 5.97 Å². The molecule has 21 heavy (non-hydrogen) atoms. The summed E-state index contributed by atoms with van der Waals surface area (Å²) in [6, 6.07) is 1.44. The second kappa shape index (κ2) is 6.33. The first-order valence-electron chi connectivity index (χ1n) is 6.60. The van der Waals surface area contributed by atoms with Crippen molar-refractivity contribution in [2.24, 2.45) is 0 Å². The van der Waals surface area contributed by atoms with E-state index in [1.807, 2.05) is 0 Å². The van der Waals surface area contributed by atoms with Crippen LogP contribution in [0.3, 0.4) is 0 Å². The van der Waals surface area contributed by atoms with E-state index in [1.54, 1.807) is 0 Å². The summed E-state index contributed by atoms with van der Waals surface area (Å²) < 4.78 is 11.0. The van der Waals surface area contributed by atoms with Gasteiger partial charge in [-0.3, -0.25) is 0 Å². The van der Waals surface area contributed by atoms with Gasteiger partial charge in [0.2, 0.25) is 0 Å². The molecule has 1 aromatic rings. The highest BCUT2D eigenvalue weighted by Crippen LogP contribution is 2.37. The van der Waals surface area contributed by atoms with Crippen LogP contribution in [-0.4, -0.2) is 31.5 Å². The van der Waals surface area contributed by atoms with Crippen LogP contribution in [0.15, 0.2) is 6.07 Å². The van der Waals surface area contributed by atoms with Crippen LogP contribution in [0.25, 0.3) is 0 Å². The van der Waals surface area contributed by atoms with E-state index in [2.05, 4.69) is 38.8 Å². The van der Waals surface area contributed by atoms with E-state index >= 15 is 0 Å². The summed E-state index contributed by atoms with van der Waals surface area (Å²) in [4.78, 5) is 15.4. The molecule has 0 saturated carbocycles. The smallest absolute Gasteiger partial charge is 0.339 e. The molecule has 1 aromatic heterocycles. The van der Waals surface area contributed by atoms with Crippen molar-refractivity contribution in [1.82, 2.24) is 4.98 Å². The number of carbonyl (C=O) groups is 1. The van der Waals surface area contributed by atoms with Gasteiger partial charge in [0.05, 0.1) is 19.4 Å². The zero-order chi connectivity index (χ0) is 16.4. The summed E-state index contributed by atoms with van der Waals surface area (Å²) >= 11 is 5.97. The van der Waals surface area contributed by atoms with Crippen molar-refractivity contribution < 1.29 is 19.1 Å². The molecule has 0 aliphatic heterocycles. The predicted molar refractivity (Wildman–Crippen MR) is 84.7 cm³/mol. The number of aromatic nitrogens is 1. The Bertz CT molecular complexity index is 541. The number of hydrogen-bond acceptors (Lipinski definition) is 4. The number of aromatic carboxylic acids is 1. The molecule has 118 valence electrons. The zero-order valence-electron chi connectivity index (χ0n) is 13.3. The maximum absolute atomic E-state index is 11.2. The minimum atomic E-state index is -1.93. The van der Waals surface area contributed by atoms with Gasteiger partial charge in [-0.25, -0.2) is 9.78 Å². The van der Waals surface area contributed by atoms with Gasteiger partial charge in [0, 0.05) is 0 Å². The van der Waals surface area contributed by atoms with Gasteiger partial charge in [0.25, 0.3) is 0 Å². The Hall–Kier alpha value is -1.11. The third kappa shape index (κ3) is 4.18. The fourth-order valence-electron chi connectivity index (χ4n) is 1.45. The maximum Gasteiger partial charge on any atom is 0.339 e. The minimum Gasteiger partial charge on any atom is -0.493 e. The van der Waals surface area contributed by atoms with Crippen LogP contribution in [0.4, 0.5) is 0 Å². The molecule has 0 atom stereocenters. The third-order valence-corrected chi connectivity index (χ3v) is 8.54. The Labute approximate surface area is 131 Å². The Balaban J connectivity index is 3.04. The van der Waals surface area contributed by atoms with Crippen molar-refractivity contribution in [2.75, 3.05) is 7.11 Å². The first-order valence-corrected chi connectivity index (χ1v) is 9.89. The van der Waals surface area contributed by atoms with Crippen LogP contribution in [0.5, 0.6) is 5.75 Å². The van der Waals surface area contributed by atoms with Crippen LogP contribution in [0, 0.1) is 0 Å². The molecule has 0 aromatic carbocycles. The molecule has 0 aliphatic carbocycles. The average Bonchev–Trinajstić information content (AvgIpc) is 2.34. The molecule has 0 aliphatic rings. The fraction of sp³-hybridized carbons (Fsp3) is 0.571. The van der Waals surface area contributed by atoms with Gasteiger partial charge in [-0.05, 0) is 24.2 Å². The number of carboxylic acid groups (broad SMARTS) is 1. The second-order valence-electron chi connectivity index (χ2n) is 6.34. The van der Waals surface area contributed by atoms with E-state index in [1.165, 1.54) is 13.2 Å². The molecule has 7 heteroatoms. The predicted octanol–water partition coefficient (Wildman–Crippen LogP) is 3.96. The van der Waals surface area contributed by atoms with Crippen LogP contribution in [0.1, 0.15) is 36.8 Å². The molecule has 1 rings (SSSR count). The van der Waals surface area contributed by atoms with E-state index in [9.17, 15) is 9.90 Å². The van der Waals surface area contributed by atoms with E-state index in [4.69, 9.17) is 20.8 Å². The molecule has 0 amide bonds. The number of rotatable bonds is 5. The molecule has 1 heterocycles. The van der Waals surface area contributed by atoms with Crippen LogP contribution >= 0.6 is 11.6 Å². The normalized spacial score (nSPS) is 12.3. The number of ether oxygens (including phenoxy) is 1. The number of pyridine rings is 1. The monoisotopic (exact) mass is 331 g/mol. The maximum atomic E-state index is 11.2. The first-order chi connectivity index (χ1) is 9.49. The van der Waals surface area contributed by atoms with Crippen LogP contribution in [0.2, 0.25) is 23.3 Å². The van der Waals surface area contributed by atoms with E-state index < -0.39 is 14.3 Å². The Morgan fingerprint density at radius 2 is 2.00 bits per heavy atom. The van der Waals surface area contributed by atoms with Crippen LogP contribution in [-0.2, 0) is 11.0 Å². The number of hydrogen-bond donors (Lipinski definition) is 1. The van der Waals surface area contributed by atoms with E-state index in [-0.39, 0.29) is 28.1 Å². The summed E-state index contributed by atoms with van der Waals surface area (Å²) in [6.45, 7) is 10.9. The molecule has 0 fully saturated rings. The summed E-state index contributed by atoms with van der Waals surface area (Å²) in [5.41, 5.74) is 0.481. The molecule has 1 N–H and O–H groups in total. The van der Waals surface area contributed by atoms with Gasteiger partial charge in [-0.15, -0.1) is 0 Å². The number of carboxylic acids is 1. The van der Waals surface area contributed by atoms with Crippen molar-refractivity contribution >= 4 is 25.9 Å². The lowest BCUT2D eigenvalue weighted by Gasteiger charge is -2.36. The van der Waals surface area contributed by atoms with Gasteiger partial charge in [0.15, 0.2) is 19.2 Å². The lowest BCUT2D eigenvalue weighted by Crippen LogP contribution is -2.40. The minimum absolute atomic E-state index is 0.00803. The van der Waals surface area contributed by atoms with Gasteiger partial charge in [-0.1, -0.05) is 32.4 Å². The molecular weight excluding hydrogens is 310 g/mol. The molecular formula is C14H22ClNO4Si. The van der Waals surface area contributed by atoms with Crippen molar-refractivity contribution in [3.8, 4) is 5.75 Å². The average molecular weight is 332 g/mol. The number of halogens is 1. The molecule has 0 spiro atoms. The molecule has 0 bridgehead atoms. The quantitative estimate of drug-likeness (QED) is 0.653. The topological polar surface area (TPSA) is 68.7 Å². The number of methoxy groups -OCH3 is 1. The summed E-state index contributed by atoms with van der Waals surface area (Å²) in [5, 5.41) is 9.31. The molecule has 0 unspecified atom stereocenters. The van der Waals surface area contributed by atoms with Gasteiger partial charge in [-0.2, -0.15) is 0 Å². The lowest BCUT2D eigenvalue weighted by molar-refractivity contribution is 0.0693. The Morgan fingerprint density at radius 1 is 1.43 bits per heavy atom. The van der Waals surface area contributed by atoms with Crippen LogP contribution < -0.4 is 4.74 Å². The third-order valence-electron chi connectivity index (χ3n) is 3.81. The SMILES string of the molecule is COc1c(C(=O)O)cc(CO[Si](C)(C)C(C)(C)C)nc1Cl. The van der Waals surface area contributed by atoms with Crippen molar-refractivity contribution in [3.05, 3.63) is 22.5 Å². The highest BCUT2D eigenvalue weighted by atomic mass is 35.5. The van der Waals surface area contributed by atoms with Gasteiger partial charge in [0.1, 0.15) is 5.56 Å². The van der Waals surface area contributed by atoms with Crippen molar-refractivity contribution in [1.29, 1.82) is 0 Å². The summed E-state index contributed by atoms with van der Waals surface area (Å²) in [7, 11) is -0.571. The van der Waals surface area contributed by atoms with Gasteiger partial charge < -0.3 is 14.3 Å². The van der Waals surface area contributed by atoms with Crippen molar-refractivity contribution in [2.45, 2.75) is 45.5 Å². The second-order valence-corrected chi connectivity index (χ2v) is 11.5. The lowest BCUT2D eigenvalue weighted by atomic mass is 10.2. The molecule has 0 radical (unpaired) electrons. The first kappa shape index (κ1) is 17.9. The standard InChI is InChI=1S/C14H22ClNO4Si/c1-14(2,3)21(5,6)20-8-9-7-10(13(17)18)11(19-4)12(15)16-9/h7H,8H2,1-6H3,(H,17,18). The Kier molecular flexibility index (Phi) is 5.41. The zero-order valence-corrected chi connectivity index (χ0v) is 15.0. The largest absolute Gasteiger partial charge is 0.493 e. The number of nitrogens with zero attached hydrogens (tertiary/aromatic N) is 1.